The molecule has 6 heteroatoms. The molecule has 2 aromatic heterocycles. The first-order chi connectivity index (χ1) is 11.2. The van der Waals surface area contributed by atoms with E-state index in [1.807, 2.05) is 42.7 Å². The van der Waals surface area contributed by atoms with Crippen LogP contribution in [0.25, 0.3) is 11.3 Å². The quantitative estimate of drug-likeness (QED) is 0.788. The third-order valence-corrected chi connectivity index (χ3v) is 3.62. The van der Waals surface area contributed by atoms with Gasteiger partial charge in [0.15, 0.2) is 5.13 Å². The zero-order chi connectivity index (χ0) is 16.5. The summed E-state index contributed by atoms with van der Waals surface area (Å²) in [6.07, 6.45) is 10.8. The first-order valence-electron chi connectivity index (χ1n) is 7.08. The zero-order valence-electron chi connectivity index (χ0n) is 12.8. The van der Waals surface area contributed by atoms with Crippen molar-refractivity contribution in [3.05, 3.63) is 66.4 Å². The fourth-order valence-corrected chi connectivity index (χ4v) is 2.56. The van der Waals surface area contributed by atoms with Crippen LogP contribution in [-0.2, 0) is 0 Å². The Labute approximate surface area is 139 Å². The average molecular weight is 326 g/mol. The van der Waals surface area contributed by atoms with Gasteiger partial charge >= 0.3 is 6.03 Å². The predicted molar refractivity (Wildman–Crippen MR) is 95.5 cm³/mol. The summed E-state index contributed by atoms with van der Waals surface area (Å²) >= 11 is 1.38. The molecule has 0 bridgehead atoms. The SMILES string of the molecule is C=C/C=C(\C=C/C)CNC(=O)Nc1nc(-c2ccncc2)cs1. The van der Waals surface area contributed by atoms with Crippen molar-refractivity contribution in [2.75, 3.05) is 11.9 Å². The maximum absolute atomic E-state index is 11.9. The number of urea groups is 1. The lowest BCUT2D eigenvalue weighted by atomic mass is 10.2. The van der Waals surface area contributed by atoms with Crippen molar-refractivity contribution in [3.63, 3.8) is 0 Å². The standard InChI is InChI=1S/C17H18N4OS/c1-3-5-13(6-4-2)11-19-16(22)21-17-20-15(12-23-17)14-7-9-18-10-8-14/h3-10,12H,1,11H2,2H3,(H2,19,20,21,22)/b6-4-,13-5+. The van der Waals surface area contributed by atoms with Gasteiger partial charge in [-0.1, -0.05) is 30.9 Å². The maximum Gasteiger partial charge on any atom is 0.321 e. The average Bonchev–Trinajstić information content (AvgIpc) is 3.02. The first-order valence-corrected chi connectivity index (χ1v) is 7.96. The molecule has 2 rings (SSSR count). The monoisotopic (exact) mass is 326 g/mol. The third-order valence-electron chi connectivity index (χ3n) is 2.87. The van der Waals surface area contributed by atoms with Crippen molar-refractivity contribution in [1.29, 1.82) is 0 Å². The molecule has 0 atom stereocenters. The number of aromatic nitrogens is 2. The van der Waals surface area contributed by atoms with Crippen LogP contribution < -0.4 is 10.6 Å². The highest BCUT2D eigenvalue weighted by molar-refractivity contribution is 7.14. The number of pyridine rings is 1. The van der Waals surface area contributed by atoms with E-state index in [0.29, 0.717) is 11.7 Å². The van der Waals surface area contributed by atoms with Gasteiger partial charge in [0.1, 0.15) is 0 Å². The molecule has 0 aliphatic rings. The van der Waals surface area contributed by atoms with Gasteiger partial charge in [-0.15, -0.1) is 11.3 Å². The molecule has 0 aliphatic heterocycles. The molecule has 2 aromatic rings. The summed E-state index contributed by atoms with van der Waals surface area (Å²) in [5, 5.41) is 7.97. The minimum absolute atomic E-state index is 0.292. The van der Waals surface area contributed by atoms with E-state index in [0.717, 1.165) is 16.8 Å². The maximum atomic E-state index is 11.9. The van der Waals surface area contributed by atoms with Crippen LogP contribution in [0.1, 0.15) is 6.92 Å². The molecular weight excluding hydrogens is 308 g/mol. The number of rotatable bonds is 6. The van der Waals surface area contributed by atoms with Gasteiger partial charge in [0.2, 0.25) is 0 Å². The summed E-state index contributed by atoms with van der Waals surface area (Å²) in [7, 11) is 0. The van der Waals surface area contributed by atoms with E-state index in [1.165, 1.54) is 11.3 Å². The number of carbonyl (C=O) groups is 1. The van der Waals surface area contributed by atoms with E-state index in [4.69, 9.17) is 0 Å². The number of carbonyl (C=O) groups excluding carboxylic acids is 1. The topological polar surface area (TPSA) is 66.9 Å². The number of nitrogens with one attached hydrogen (secondary N) is 2. The Morgan fingerprint density at radius 2 is 2.17 bits per heavy atom. The Balaban J connectivity index is 1.92. The lowest BCUT2D eigenvalue weighted by Gasteiger charge is -2.05. The van der Waals surface area contributed by atoms with Crippen LogP contribution >= 0.6 is 11.3 Å². The number of hydrogen-bond donors (Lipinski definition) is 2. The first kappa shape index (κ1) is 16.6. The Morgan fingerprint density at radius 1 is 1.39 bits per heavy atom. The van der Waals surface area contributed by atoms with E-state index >= 15 is 0 Å². The van der Waals surface area contributed by atoms with Gasteiger partial charge in [0.25, 0.3) is 0 Å². The molecule has 2 heterocycles. The largest absolute Gasteiger partial charge is 0.334 e. The molecule has 0 spiro atoms. The minimum atomic E-state index is -0.292. The Morgan fingerprint density at radius 3 is 2.87 bits per heavy atom. The molecule has 2 amide bonds. The third kappa shape index (κ3) is 5.19. The molecular formula is C17H18N4OS. The van der Waals surface area contributed by atoms with E-state index in [2.05, 4.69) is 27.2 Å². The van der Waals surface area contributed by atoms with Crippen molar-refractivity contribution < 1.29 is 4.79 Å². The summed E-state index contributed by atoms with van der Waals surface area (Å²) in [4.78, 5) is 20.3. The highest BCUT2D eigenvalue weighted by Crippen LogP contribution is 2.24. The number of thiazole rings is 1. The predicted octanol–water partition coefficient (Wildman–Crippen LogP) is 4.02. The van der Waals surface area contributed by atoms with Gasteiger partial charge in [0, 0.05) is 29.9 Å². The Bertz CT molecular complexity index is 719. The summed E-state index contributed by atoms with van der Waals surface area (Å²) < 4.78 is 0. The van der Waals surface area contributed by atoms with Crippen LogP contribution in [0.5, 0.6) is 0 Å². The molecule has 0 fully saturated rings. The number of nitrogens with zero attached hydrogens (tertiary/aromatic N) is 2. The summed E-state index contributed by atoms with van der Waals surface area (Å²) in [6, 6.07) is 3.46. The van der Waals surface area contributed by atoms with Crippen molar-refractivity contribution in [1.82, 2.24) is 15.3 Å². The van der Waals surface area contributed by atoms with Crippen LogP contribution in [0.2, 0.25) is 0 Å². The molecule has 5 nitrogen and oxygen atoms in total. The van der Waals surface area contributed by atoms with E-state index in [1.54, 1.807) is 18.5 Å². The van der Waals surface area contributed by atoms with Crippen LogP contribution in [0, 0.1) is 0 Å². The van der Waals surface area contributed by atoms with E-state index in [-0.39, 0.29) is 6.03 Å². The van der Waals surface area contributed by atoms with Crippen molar-refractivity contribution >= 4 is 22.5 Å². The molecule has 0 radical (unpaired) electrons. The minimum Gasteiger partial charge on any atom is -0.334 e. The Hall–Kier alpha value is -2.73. The fourth-order valence-electron chi connectivity index (χ4n) is 1.85. The zero-order valence-corrected chi connectivity index (χ0v) is 13.6. The van der Waals surface area contributed by atoms with Crippen molar-refractivity contribution in [2.24, 2.45) is 0 Å². The molecule has 0 saturated heterocycles. The number of amides is 2. The Kier molecular flexibility index (Phi) is 6.26. The molecule has 0 saturated carbocycles. The summed E-state index contributed by atoms with van der Waals surface area (Å²) in [5.74, 6) is 0. The lowest BCUT2D eigenvalue weighted by Crippen LogP contribution is -2.30. The van der Waals surface area contributed by atoms with Gasteiger partial charge in [-0.2, -0.15) is 0 Å². The summed E-state index contributed by atoms with van der Waals surface area (Å²) in [5.41, 5.74) is 2.75. The number of hydrogen-bond acceptors (Lipinski definition) is 4. The van der Waals surface area contributed by atoms with E-state index in [9.17, 15) is 4.79 Å². The fraction of sp³-hybridized carbons (Fsp3) is 0.118. The molecule has 23 heavy (non-hydrogen) atoms. The molecule has 0 aromatic carbocycles. The normalized spacial score (nSPS) is 11.4. The highest BCUT2D eigenvalue weighted by Gasteiger charge is 2.07. The van der Waals surface area contributed by atoms with Crippen LogP contribution in [0.15, 0.2) is 66.4 Å². The van der Waals surface area contributed by atoms with Crippen LogP contribution in [-0.4, -0.2) is 22.5 Å². The second kappa shape index (κ2) is 8.65. The van der Waals surface area contributed by atoms with E-state index < -0.39 is 0 Å². The van der Waals surface area contributed by atoms with Gasteiger partial charge in [-0.3, -0.25) is 10.3 Å². The molecule has 0 aliphatic carbocycles. The number of anilines is 1. The van der Waals surface area contributed by atoms with Crippen molar-refractivity contribution in [3.8, 4) is 11.3 Å². The van der Waals surface area contributed by atoms with Crippen LogP contribution in [0.4, 0.5) is 9.93 Å². The van der Waals surface area contributed by atoms with Gasteiger partial charge in [0.05, 0.1) is 5.69 Å². The van der Waals surface area contributed by atoms with Gasteiger partial charge in [-0.25, -0.2) is 9.78 Å². The molecule has 118 valence electrons. The molecule has 2 N–H and O–H groups in total. The number of allylic oxidation sites excluding steroid dienone is 3. The summed E-state index contributed by atoms with van der Waals surface area (Å²) in [6.45, 7) is 6.00. The van der Waals surface area contributed by atoms with Crippen LogP contribution in [0.3, 0.4) is 0 Å². The lowest BCUT2D eigenvalue weighted by molar-refractivity contribution is 0.253. The molecule has 0 unspecified atom stereocenters. The second-order valence-corrected chi connectivity index (χ2v) is 5.42. The highest BCUT2D eigenvalue weighted by atomic mass is 32.1. The second-order valence-electron chi connectivity index (χ2n) is 4.56. The smallest absolute Gasteiger partial charge is 0.321 e. The van der Waals surface area contributed by atoms with Gasteiger partial charge in [-0.05, 0) is 24.6 Å². The van der Waals surface area contributed by atoms with Gasteiger partial charge < -0.3 is 5.32 Å². The van der Waals surface area contributed by atoms with Crippen molar-refractivity contribution in [2.45, 2.75) is 6.92 Å².